The van der Waals surface area contributed by atoms with Gasteiger partial charge in [0, 0.05) is 23.5 Å². The van der Waals surface area contributed by atoms with Crippen LogP contribution in [0.5, 0.6) is 0 Å². The molecule has 5 heteroatoms. The summed E-state index contributed by atoms with van der Waals surface area (Å²) in [6, 6.07) is 9.27. The van der Waals surface area contributed by atoms with Gasteiger partial charge in [0.2, 0.25) is 0 Å². The van der Waals surface area contributed by atoms with Crippen LogP contribution in [0.2, 0.25) is 0 Å². The van der Waals surface area contributed by atoms with E-state index in [0.717, 1.165) is 55.8 Å². The van der Waals surface area contributed by atoms with Crippen LogP contribution in [-0.2, 0) is 12.8 Å². The van der Waals surface area contributed by atoms with E-state index in [1.807, 2.05) is 35.2 Å². The molecule has 1 aromatic carbocycles. The van der Waals surface area contributed by atoms with E-state index >= 15 is 0 Å². The molecule has 1 aromatic heterocycles. The number of hydrogen-bond acceptors (Lipinski definition) is 3. The van der Waals surface area contributed by atoms with Crippen molar-refractivity contribution in [2.24, 2.45) is 11.3 Å². The zero-order valence-electron chi connectivity index (χ0n) is 19.0. The Hall–Kier alpha value is -2.14. The van der Waals surface area contributed by atoms with E-state index in [1.54, 1.807) is 11.3 Å². The number of benzene rings is 1. The number of hydrogen-bond donors (Lipinski definition) is 1. The van der Waals surface area contributed by atoms with Gasteiger partial charge in [0.1, 0.15) is 5.00 Å². The number of thiophene rings is 1. The Balaban J connectivity index is 1.68. The predicted molar refractivity (Wildman–Crippen MR) is 128 cm³/mol. The smallest absolute Gasteiger partial charge is 0.257 e. The highest BCUT2D eigenvalue weighted by Crippen LogP contribution is 2.44. The molecule has 2 heterocycles. The Morgan fingerprint density at radius 2 is 1.71 bits per heavy atom. The summed E-state index contributed by atoms with van der Waals surface area (Å²) in [5.41, 5.74) is 2.81. The summed E-state index contributed by atoms with van der Waals surface area (Å²) in [4.78, 5) is 29.9. The van der Waals surface area contributed by atoms with Gasteiger partial charge in [-0.25, -0.2) is 0 Å². The van der Waals surface area contributed by atoms with Gasteiger partial charge in [0.15, 0.2) is 0 Å². The van der Waals surface area contributed by atoms with Gasteiger partial charge in [0.25, 0.3) is 11.8 Å². The Bertz CT molecular complexity index is 934. The van der Waals surface area contributed by atoms with Crippen molar-refractivity contribution in [1.29, 1.82) is 0 Å². The first-order valence-corrected chi connectivity index (χ1v) is 12.5. The molecule has 0 bridgehead atoms. The Kier molecular flexibility index (Phi) is 6.52. The van der Waals surface area contributed by atoms with Gasteiger partial charge in [-0.1, -0.05) is 51.8 Å². The van der Waals surface area contributed by atoms with Crippen molar-refractivity contribution in [2.45, 2.75) is 65.7 Å². The molecule has 31 heavy (non-hydrogen) atoms. The van der Waals surface area contributed by atoms with E-state index in [9.17, 15) is 9.59 Å². The summed E-state index contributed by atoms with van der Waals surface area (Å²) >= 11 is 1.62. The van der Waals surface area contributed by atoms with Crippen LogP contribution in [0.3, 0.4) is 0 Å². The fraction of sp³-hybridized carbons (Fsp3) is 0.538. The fourth-order valence-electron chi connectivity index (χ4n) is 4.84. The molecular weight excluding hydrogens is 404 g/mol. The zero-order valence-corrected chi connectivity index (χ0v) is 19.8. The molecule has 1 atom stereocenters. The molecule has 0 radical (unpaired) electrons. The normalized spacial score (nSPS) is 19.5. The topological polar surface area (TPSA) is 49.4 Å². The molecule has 1 aliphatic heterocycles. The summed E-state index contributed by atoms with van der Waals surface area (Å²) in [5.74, 6) is 0.561. The lowest BCUT2D eigenvalue weighted by Gasteiger charge is -2.34. The molecular formula is C26H34N2O2S. The van der Waals surface area contributed by atoms with Crippen LogP contribution in [0.4, 0.5) is 5.00 Å². The number of carbonyl (C=O) groups excluding carboxylic acids is 2. The molecule has 1 fully saturated rings. The van der Waals surface area contributed by atoms with Crippen LogP contribution >= 0.6 is 11.3 Å². The number of amides is 2. The van der Waals surface area contributed by atoms with E-state index in [1.165, 1.54) is 23.3 Å². The van der Waals surface area contributed by atoms with E-state index in [2.05, 4.69) is 26.1 Å². The van der Waals surface area contributed by atoms with Crippen LogP contribution in [-0.4, -0.2) is 29.8 Å². The second-order valence-corrected chi connectivity index (χ2v) is 11.1. The highest BCUT2D eigenvalue weighted by atomic mass is 32.1. The Morgan fingerprint density at radius 1 is 1.03 bits per heavy atom. The molecule has 1 N–H and O–H groups in total. The average molecular weight is 439 g/mol. The summed E-state index contributed by atoms with van der Waals surface area (Å²) in [5, 5.41) is 3.84. The first kappa shape index (κ1) is 22.1. The standard InChI is InChI=1S/C26H34N2O2S/c1-26(2,3)19-13-14-20-21(17-19)31-24(27-23(29)18-11-7-6-8-12-18)22(20)25(30)28-15-9-4-5-10-16-28/h6-8,11-12,19H,4-5,9-10,13-17H2,1-3H3,(H,27,29). The highest BCUT2D eigenvalue weighted by molar-refractivity contribution is 7.17. The molecule has 2 aromatic rings. The van der Waals surface area contributed by atoms with Crippen molar-refractivity contribution in [3.63, 3.8) is 0 Å². The fourth-order valence-corrected chi connectivity index (χ4v) is 6.15. The number of likely N-dealkylation sites (tertiary alicyclic amines) is 1. The average Bonchev–Trinajstić information content (AvgIpc) is 2.90. The van der Waals surface area contributed by atoms with Gasteiger partial charge >= 0.3 is 0 Å². The number of rotatable bonds is 3. The first-order valence-electron chi connectivity index (χ1n) is 11.6. The van der Waals surface area contributed by atoms with Gasteiger partial charge in [-0.05, 0) is 61.1 Å². The number of fused-ring (bicyclic) bond motifs is 1. The van der Waals surface area contributed by atoms with E-state index in [0.29, 0.717) is 11.5 Å². The van der Waals surface area contributed by atoms with Crippen LogP contribution in [0.1, 0.15) is 84.0 Å². The summed E-state index contributed by atoms with van der Waals surface area (Å²) in [7, 11) is 0. The van der Waals surface area contributed by atoms with Gasteiger partial charge in [0.05, 0.1) is 5.56 Å². The van der Waals surface area contributed by atoms with Crippen molar-refractivity contribution >= 4 is 28.2 Å². The summed E-state index contributed by atoms with van der Waals surface area (Å²) in [6.07, 6.45) is 7.52. The molecule has 4 rings (SSSR count). The maximum Gasteiger partial charge on any atom is 0.257 e. The molecule has 0 spiro atoms. The third-order valence-corrected chi connectivity index (χ3v) is 8.03. The minimum atomic E-state index is -0.142. The maximum atomic E-state index is 13.7. The van der Waals surface area contributed by atoms with Gasteiger partial charge < -0.3 is 10.2 Å². The highest BCUT2D eigenvalue weighted by Gasteiger charge is 2.35. The summed E-state index contributed by atoms with van der Waals surface area (Å²) < 4.78 is 0. The zero-order chi connectivity index (χ0) is 22.0. The Morgan fingerprint density at radius 3 is 2.35 bits per heavy atom. The van der Waals surface area contributed by atoms with Gasteiger partial charge in [-0.3, -0.25) is 9.59 Å². The molecule has 4 nitrogen and oxygen atoms in total. The van der Waals surface area contributed by atoms with E-state index in [4.69, 9.17) is 0 Å². The number of anilines is 1. The molecule has 1 unspecified atom stereocenters. The third kappa shape index (κ3) is 4.87. The second kappa shape index (κ2) is 9.15. The van der Waals surface area contributed by atoms with Crippen molar-refractivity contribution < 1.29 is 9.59 Å². The minimum Gasteiger partial charge on any atom is -0.339 e. The lowest BCUT2D eigenvalue weighted by Crippen LogP contribution is -2.33. The minimum absolute atomic E-state index is 0.108. The lowest BCUT2D eigenvalue weighted by molar-refractivity contribution is 0.0761. The Labute approximate surface area is 190 Å². The molecule has 2 amide bonds. The van der Waals surface area contributed by atoms with Crippen LogP contribution in [0.15, 0.2) is 30.3 Å². The first-order chi connectivity index (χ1) is 14.8. The van der Waals surface area contributed by atoms with Crippen molar-refractivity contribution in [3.05, 3.63) is 51.9 Å². The van der Waals surface area contributed by atoms with Crippen molar-refractivity contribution in [2.75, 3.05) is 18.4 Å². The molecule has 1 saturated heterocycles. The molecule has 2 aliphatic rings. The van der Waals surface area contributed by atoms with Crippen molar-refractivity contribution in [3.8, 4) is 0 Å². The monoisotopic (exact) mass is 438 g/mol. The van der Waals surface area contributed by atoms with E-state index in [-0.39, 0.29) is 17.2 Å². The third-order valence-electron chi connectivity index (χ3n) is 6.86. The van der Waals surface area contributed by atoms with Crippen molar-refractivity contribution in [1.82, 2.24) is 4.90 Å². The van der Waals surface area contributed by atoms with Crippen LogP contribution in [0, 0.1) is 11.3 Å². The number of nitrogens with one attached hydrogen (secondary N) is 1. The second-order valence-electron chi connectivity index (χ2n) is 10.0. The lowest BCUT2D eigenvalue weighted by atomic mass is 9.72. The van der Waals surface area contributed by atoms with Crippen LogP contribution < -0.4 is 5.32 Å². The summed E-state index contributed by atoms with van der Waals surface area (Å²) in [6.45, 7) is 8.55. The molecule has 1 aliphatic carbocycles. The molecule has 0 saturated carbocycles. The SMILES string of the molecule is CC(C)(C)C1CCc2c(sc(NC(=O)c3ccccc3)c2C(=O)N2CCCCCC2)C1. The van der Waals surface area contributed by atoms with Gasteiger partial charge in [-0.15, -0.1) is 11.3 Å². The predicted octanol–water partition coefficient (Wildman–Crippen LogP) is 6.17. The van der Waals surface area contributed by atoms with Gasteiger partial charge in [-0.2, -0.15) is 0 Å². The number of carbonyl (C=O) groups is 2. The van der Waals surface area contributed by atoms with E-state index < -0.39 is 0 Å². The largest absolute Gasteiger partial charge is 0.339 e. The number of nitrogens with zero attached hydrogens (tertiary/aromatic N) is 1. The van der Waals surface area contributed by atoms with Crippen LogP contribution in [0.25, 0.3) is 0 Å². The quantitative estimate of drug-likeness (QED) is 0.623. The molecule has 166 valence electrons. The maximum absolute atomic E-state index is 13.7.